The van der Waals surface area contributed by atoms with Gasteiger partial charge in [-0.05, 0) is 103 Å². The highest BCUT2D eigenvalue weighted by atomic mass is 127. The zero-order valence-electron chi connectivity index (χ0n) is 22.0. The molecule has 1 aliphatic rings. The van der Waals surface area contributed by atoms with Gasteiger partial charge in [0.15, 0.2) is 4.80 Å². The largest absolute Gasteiger partial charge is 0.491 e. The molecule has 3 aromatic rings. The number of halogens is 2. The second kappa shape index (κ2) is 12.8. The second-order valence-corrected chi connectivity index (χ2v) is 12.3. The number of allylic oxidation sites excluding steroid dienone is 1. The van der Waals surface area contributed by atoms with Crippen molar-refractivity contribution in [2.45, 2.75) is 39.8 Å². The molecular weight excluding hydrogens is 742 g/mol. The van der Waals surface area contributed by atoms with Gasteiger partial charge in [0, 0.05) is 5.56 Å². The van der Waals surface area contributed by atoms with Crippen molar-refractivity contribution < 1.29 is 19.0 Å². The van der Waals surface area contributed by atoms with Crippen molar-refractivity contribution in [2.24, 2.45) is 4.99 Å². The van der Waals surface area contributed by atoms with Crippen LogP contribution in [0.15, 0.2) is 70.1 Å². The molecule has 2 heterocycles. The summed E-state index contributed by atoms with van der Waals surface area (Å²) in [7, 11) is 0. The lowest BCUT2D eigenvalue weighted by Crippen LogP contribution is -2.40. The molecule has 4 rings (SSSR count). The van der Waals surface area contributed by atoms with Crippen LogP contribution in [0, 0.1) is 7.14 Å². The van der Waals surface area contributed by atoms with Gasteiger partial charge in [0.1, 0.15) is 24.1 Å². The van der Waals surface area contributed by atoms with Gasteiger partial charge in [-0.1, -0.05) is 42.2 Å². The Kier molecular flexibility index (Phi) is 9.70. The lowest BCUT2D eigenvalue weighted by atomic mass is 9.95. The molecule has 0 amide bonds. The summed E-state index contributed by atoms with van der Waals surface area (Å²) in [5.41, 5.74) is 2.15. The van der Waals surface area contributed by atoms with Crippen LogP contribution in [-0.2, 0) is 9.53 Å². The first-order valence-corrected chi connectivity index (χ1v) is 15.3. The van der Waals surface area contributed by atoms with Crippen LogP contribution in [0.25, 0.3) is 6.08 Å². The summed E-state index contributed by atoms with van der Waals surface area (Å²) in [5, 5.41) is 0. The fourth-order valence-corrected chi connectivity index (χ4v) is 7.42. The minimum Gasteiger partial charge on any atom is -0.491 e. The van der Waals surface area contributed by atoms with Gasteiger partial charge >= 0.3 is 5.97 Å². The molecule has 2 aromatic carbocycles. The molecule has 7 nitrogen and oxygen atoms in total. The highest BCUT2D eigenvalue weighted by Gasteiger charge is 2.35. The summed E-state index contributed by atoms with van der Waals surface area (Å²) >= 11 is 5.75. The number of fused-ring (bicyclic) bond motifs is 1. The van der Waals surface area contributed by atoms with E-state index in [9.17, 15) is 9.59 Å². The van der Waals surface area contributed by atoms with Crippen LogP contribution >= 0.6 is 56.5 Å². The molecule has 0 unspecified atom stereocenters. The van der Waals surface area contributed by atoms with Gasteiger partial charge in [-0.3, -0.25) is 9.36 Å². The SMILES string of the molecule is C=CCOc1c(I)cc(/C=c2/sc3n(c2=O)[C@@H](c2ccccc2OC(C)C)C(C(=O)OCC)=C(C)N=3)cc1I. The zero-order valence-corrected chi connectivity index (χ0v) is 27.1. The number of nitrogens with zero attached hydrogens (tertiary/aromatic N) is 2. The third-order valence-corrected chi connectivity index (χ3v) is 8.34. The van der Waals surface area contributed by atoms with Gasteiger partial charge in [-0.25, -0.2) is 9.79 Å². The predicted octanol–water partition coefficient (Wildman–Crippen LogP) is 5.36. The monoisotopic (exact) mass is 770 g/mol. The number of carbonyl (C=O) groups is 1. The number of para-hydroxylation sites is 1. The molecule has 1 aliphatic heterocycles. The van der Waals surface area contributed by atoms with E-state index in [0.29, 0.717) is 38.5 Å². The van der Waals surface area contributed by atoms with E-state index in [2.05, 4.69) is 56.8 Å². The third-order valence-electron chi connectivity index (χ3n) is 5.76. The number of esters is 1. The number of rotatable bonds is 9. The summed E-state index contributed by atoms with van der Waals surface area (Å²) in [6.45, 7) is 11.7. The van der Waals surface area contributed by atoms with E-state index in [-0.39, 0.29) is 18.3 Å². The highest BCUT2D eigenvalue weighted by Crippen LogP contribution is 2.36. The maximum absolute atomic E-state index is 14.0. The van der Waals surface area contributed by atoms with Gasteiger partial charge in [0.05, 0.1) is 35.7 Å². The molecule has 0 fully saturated rings. The molecule has 0 saturated heterocycles. The van der Waals surface area contributed by atoms with Crippen LogP contribution in [-0.4, -0.2) is 29.9 Å². The first kappa shape index (κ1) is 29.5. The van der Waals surface area contributed by atoms with Crippen LogP contribution in [0.1, 0.15) is 44.9 Å². The van der Waals surface area contributed by atoms with Crippen LogP contribution < -0.4 is 24.4 Å². The molecule has 0 N–H and O–H groups in total. The predicted molar refractivity (Wildman–Crippen MR) is 170 cm³/mol. The Morgan fingerprint density at radius 3 is 2.56 bits per heavy atom. The zero-order chi connectivity index (χ0) is 28.3. The maximum Gasteiger partial charge on any atom is 0.338 e. The minimum atomic E-state index is -0.743. The first-order valence-electron chi connectivity index (χ1n) is 12.3. The molecule has 1 aromatic heterocycles. The van der Waals surface area contributed by atoms with Crippen molar-refractivity contribution in [2.75, 3.05) is 13.2 Å². The number of aromatic nitrogens is 1. The molecule has 10 heteroatoms. The second-order valence-electron chi connectivity index (χ2n) is 8.92. The molecule has 0 bridgehead atoms. The summed E-state index contributed by atoms with van der Waals surface area (Å²) in [6, 6.07) is 10.7. The minimum absolute atomic E-state index is 0.0958. The van der Waals surface area contributed by atoms with E-state index in [1.54, 1.807) is 24.5 Å². The normalized spacial score (nSPS) is 15.2. The molecule has 0 spiro atoms. The Bertz CT molecular complexity index is 1610. The molecule has 0 radical (unpaired) electrons. The smallest absolute Gasteiger partial charge is 0.338 e. The Balaban J connectivity index is 1.93. The van der Waals surface area contributed by atoms with Gasteiger partial charge in [-0.2, -0.15) is 0 Å². The van der Waals surface area contributed by atoms with Gasteiger partial charge in [-0.15, -0.1) is 0 Å². The highest BCUT2D eigenvalue weighted by molar-refractivity contribution is 14.1. The summed E-state index contributed by atoms with van der Waals surface area (Å²) in [5.74, 6) is 0.880. The molecule has 0 aliphatic carbocycles. The number of benzene rings is 2. The summed E-state index contributed by atoms with van der Waals surface area (Å²) in [4.78, 5) is 32.4. The molecule has 204 valence electrons. The molecule has 39 heavy (non-hydrogen) atoms. The molecule has 1 atom stereocenters. The number of carbonyl (C=O) groups excluding carboxylic acids is 1. The van der Waals surface area contributed by atoms with Crippen molar-refractivity contribution in [3.8, 4) is 11.5 Å². The quantitative estimate of drug-likeness (QED) is 0.167. The van der Waals surface area contributed by atoms with E-state index >= 15 is 0 Å². The van der Waals surface area contributed by atoms with Crippen LogP contribution in [0.4, 0.5) is 0 Å². The van der Waals surface area contributed by atoms with Crippen molar-refractivity contribution >= 4 is 68.6 Å². The fourth-order valence-electron chi connectivity index (χ4n) is 4.25. The Hall–Kier alpha value is -2.45. The van der Waals surface area contributed by atoms with E-state index in [1.807, 2.05) is 56.3 Å². The van der Waals surface area contributed by atoms with Crippen LogP contribution in [0.5, 0.6) is 11.5 Å². The Morgan fingerprint density at radius 2 is 1.92 bits per heavy atom. The molecular formula is C29H28I2N2O5S. The van der Waals surface area contributed by atoms with Crippen LogP contribution in [0.2, 0.25) is 0 Å². The van der Waals surface area contributed by atoms with Crippen LogP contribution in [0.3, 0.4) is 0 Å². The summed E-state index contributed by atoms with van der Waals surface area (Å²) in [6.07, 6.45) is 3.46. The number of hydrogen-bond donors (Lipinski definition) is 0. The lowest BCUT2D eigenvalue weighted by molar-refractivity contribution is -0.139. The number of hydrogen-bond acceptors (Lipinski definition) is 7. The first-order chi connectivity index (χ1) is 18.7. The topological polar surface area (TPSA) is 79.1 Å². The standard InChI is InChI=1S/C29H28I2N2O5S/c1-6-12-37-26-20(30)13-18(14-21(26)31)15-23-27(34)33-25(19-10-8-9-11-22(19)38-16(3)4)24(28(35)36-7-2)17(5)32-29(33)39-23/h6,8-11,13-16,25H,1,7,12H2,2-5H3/b23-15+/t25-/m0/s1. The van der Waals surface area contributed by atoms with Crippen molar-refractivity contribution in [3.05, 3.63) is 98.3 Å². The van der Waals surface area contributed by atoms with E-state index in [1.165, 1.54) is 11.3 Å². The summed E-state index contributed by atoms with van der Waals surface area (Å²) < 4.78 is 21.2. The van der Waals surface area contributed by atoms with E-state index in [4.69, 9.17) is 14.2 Å². The Morgan fingerprint density at radius 1 is 1.23 bits per heavy atom. The molecule has 0 saturated carbocycles. The average molecular weight is 770 g/mol. The fraction of sp³-hybridized carbons (Fsp3) is 0.276. The third kappa shape index (κ3) is 6.32. The van der Waals surface area contributed by atoms with Gasteiger partial charge in [0.25, 0.3) is 5.56 Å². The Labute approximate surface area is 258 Å². The van der Waals surface area contributed by atoms with Gasteiger partial charge < -0.3 is 14.2 Å². The maximum atomic E-state index is 14.0. The van der Waals surface area contributed by atoms with Crippen molar-refractivity contribution in [3.63, 3.8) is 0 Å². The van der Waals surface area contributed by atoms with E-state index < -0.39 is 12.0 Å². The van der Waals surface area contributed by atoms with E-state index in [0.717, 1.165) is 18.5 Å². The number of thiazole rings is 1. The van der Waals surface area contributed by atoms with Crippen molar-refractivity contribution in [1.82, 2.24) is 4.57 Å². The average Bonchev–Trinajstić information content (AvgIpc) is 3.17. The van der Waals surface area contributed by atoms with Gasteiger partial charge in [0.2, 0.25) is 0 Å². The number of ether oxygens (including phenoxy) is 3. The lowest BCUT2D eigenvalue weighted by Gasteiger charge is -2.26. The van der Waals surface area contributed by atoms with Crippen molar-refractivity contribution in [1.29, 1.82) is 0 Å².